The highest BCUT2D eigenvalue weighted by Crippen LogP contribution is 2.28. The van der Waals surface area contributed by atoms with Crippen LogP contribution in [0.1, 0.15) is 38.8 Å². The predicted molar refractivity (Wildman–Crippen MR) is 137 cm³/mol. The molecule has 1 heterocycles. The smallest absolute Gasteiger partial charge is 0.305 e. The van der Waals surface area contributed by atoms with Crippen molar-refractivity contribution in [3.8, 4) is 11.1 Å². The first kappa shape index (κ1) is 25.7. The summed E-state index contributed by atoms with van der Waals surface area (Å²) < 4.78 is 7.96. The van der Waals surface area contributed by atoms with Crippen LogP contribution in [-0.2, 0) is 20.9 Å². The molecule has 0 saturated heterocycles. The molecule has 7 heteroatoms. The molecule has 3 aromatic rings. The molecule has 0 unspecified atom stereocenters. The fraction of sp³-hybridized carbons (Fsp3) is 0.321. The molecule has 0 aliphatic heterocycles. The molecule has 0 saturated carbocycles. The van der Waals surface area contributed by atoms with Crippen LogP contribution in [0, 0.1) is 5.41 Å². The lowest BCUT2D eigenvalue weighted by Crippen LogP contribution is -2.41. The third-order valence-corrected chi connectivity index (χ3v) is 5.64. The van der Waals surface area contributed by atoms with E-state index in [-0.39, 0.29) is 24.8 Å². The Morgan fingerprint density at radius 2 is 1.63 bits per heavy atom. The highest BCUT2D eigenvalue weighted by atomic mass is 16.5. The van der Waals surface area contributed by atoms with Crippen molar-refractivity contribution in [3.63, 3.8) is 0 Å². The number of carboxylic acid groups (broad SMARTS) is 1. The van der Waals surface area contributed by atoms with Crippen LogP contribution in [0.25, 0.3) is 11.1 Å². The Morgan fingerprint density at radius 1 is 1.00 bits per heavy atom. The lowest BCUT2D eigenvalue weighted by atomic mass is 9.86. The van der Waals surface area contributed by atoms with Crippen LogP contribution in [0.4, 0.5) is 0 Å². The number of carbonyl (C=O) groups is 2. The topological polar surface area (TPSA) is 92.9 Å². The third kappa shape index (κ3) is 7.06. The second-order valence-electron chi connectivity index (χ2n) is 9.45. The lowest BCUT2D eigenvalue weighted by molar-refractivity contribution is -0.137. The Morgan fingerprint density at radius 3 is 2.20 bits per heavy atom. The molecule has 7 nitrogen and oxygen atoms in total. The number of aliphatic carboxylic acids is 1. The maximum atomic E-state index is 12.7. The number of carboxylic acids is 1. The molecule has 1 amide bonds. The maximum Gasteiger partial charge on any atom is 0.305 e. The number of likely N-dealkylation sites (N-methyl/N-ethyl adjacent to an activating group) is 1. The predicted octanol–water partition coefficient (Wildman–Crippen LogP) is 4.95. The van der Waals surface area contributed by atoms with E-state index in [1.54, 1.807) is 11.6 Å². The number of aromatic nitrogens is 1. The summed E-state index contributed by atoms with van der Waals surface area (Å²) in [4.78, 5) is 29.4. The lowest BCUT2D eigenvalue weighted by Gasteiger charge is -2.28. The van der Waals surface area contributed by atoms with Crippen LogP contribution < -0.4 is 5.32 Å². The Balaban J connectivity index is 2.06. The highest BCUT2D eigenvalue weighted by Gasteiger charge is 2.33. The molecule has 2 aromatic carbocycles. The summed E-state index contributed by atoms with van der Waals surface area (Å²) in [7, 11) is 1.56. The maximum absolute atomic E-state index is 12.7. The zero-order valence-electron chi connectivity index (χ0n) is 20.6. The number of ether oxygens (including phenoxy) is 1. The van der Waals surface area contributed by atoms with Gasteiger partial charge in [0.05, 0.1) is 6.42 Å². The summed E-state index contributed by atoms with van der Waals surface area (Å²) in [6, 6.07) is 19.8. The van der Waals surface area contributed by atoms with Crippen molar-refractivity contribution < 1.29 is 19.4 Å². The average molecular weight is 476 g/mol. The Bertz CT molecular complexity index is 1150. The van der Waals surface area contributed by atoms with E-state index in [1.807, 2.05) is 99.9 Å². The number of rotatable bonds is 9. The summed E-state index contributed by atoms with van der Waals surface area (Å²) in [6.45, 7) is 5.95. The van der Waals surface area contributed by atoms with Crippen LogP contribution in [0.15, 0.2) is 84.1 Å². The quantitative estimate of drug-likeness (QED) is 0.338. The number of nitrogens with one attached hydrogen (secondary N) is 1. The van der Waals surface area contributed by atoms with Gasteiger partial charge in [-0.15, -0.1) is 0 Å². The van der Waals surface area contributed by atoms with Crippen LogP contribution >= 0.6 is 0 Å². The van der Waals surface area contributed by atoms with Gasteiger partial charge in [-0.2, -0.15) is 0 Å². The van der Waals surface area contributed by atoms with Gasteiger partial charge in [-0.25, -0.2) is 4.99 Å². The number of hydrogen-bond donors (Lipinski definition) is 2. The van der Waals surface area contributed by atoms with Crippen LogP contribution in [0.5, 0.6) is 0 Å². The Kier molecular flexibility index (Phi) is 8.47. The molecule has 0 fully saturated rings. The van der Waals surface area contributed by atoms with E-state index in [1.165, 1.54) is 0 Å². The normalized spacial score (nSPS) is 13.7. The van der Waals surface area contributed by atoms with Gasteiger partial charge in [-0.05, 0) is 28.2 Å². The minimum Gasteiger partial charge on any atom is -0.481 e. The standard InChI is InChI=1S/C28H33N3O4/c1-28(2,3)25(26(34)29-4)30-27(35-19-20-11-7-5-8-12-20)23(17-24(32)33)31-16-15-22(18-31)21-13-9-6-10-14-21/h5-16,18,23,25H,17,19H2,1-4H3,(H,29,34)(H,32,33)/t23-,25-/m1/s1. The monoisotopic (exact) mass is 475 g/mol. The molecule has 1 aromatic heterocycles. The van der Waals surface area contributed by atoms with Crippen molar-refractivity contribution in [2.75, 3.05) is 7.05 Å². The van der Waals surface area contributed by atoms with Crippen molar-refractivity contribution in [2.45, 2.75) is 45.9 Å². The van der Waals surface area contributed by atoms with Gasteiger partial charge in [-0.3, -0.25) is 9.59 Å². The first-order chi connectivity index (χ1) is 16.7. The van der Waals surface area contributed by atoms with Gasteiger partial charge in [0.25, 0.3) is 0 Å². The number of nitrogens with zero attached hydrogens (tertiary/aromatic N) is 2. The largest absolute Gasteiger partial charge is 0.481 e. The summed E-state index contributed by atoms with van der Waals surface area (Å²) in [5.41, 5.74) is 2.37. The van der Waals surface area contributed by atoms with Crippen molar-refractivity contribution in [1.82, 2.24) is 9.88 Å². The molecule has 3 rings (SSSR count). The second-order valence-corrected chi connectivity index (χ2v) is 9.45. The fourth-order valence-corrected chi connectivity index (χ4v) is 3.75. The molecule has 0 radical (unpaired) electrons. The van der Waals surface area contributed by atoms with Crippen molar-refractivity contribution in [3.05, 3.63) is 84.7 Å². The number of benzene rings is 2. The van der Waals surface area contributed by atoms with Gasteiger partial charge in [0.15, 0.2) is 0 Å². The van der Waals surface area contributed by atoms with Crippen molar-refractivity contribution >= 4 is 17.8 Å². The third-order valence-electron chi connectivity index (χ3n) is 5.64. The van der Waals surface area contributed by atoms with Crippen molar-refractivity contribution in [1.29, 1.82) is 0 Å². The molecule has 184 valence electrons. The molecule has 0 spiro atoms. The van der Waals surface area contributed by atoms with E-state index in [4.69, 9.17) is 9.73 Å². The molecule has 0 aliphatic carbocycles. The number of aliphatic imine (C=N–C) groups is 1. The number of hydrogen-bond acceptors (Lipinski definition) is 4. The SMILES string of the molecule is CNC(=O)[C@@H](N=C(OCc1ccccc1)[C@@H](CC(=O)O)n1ccc(-c2ccccc2)c1)C(C)(C)C. The molecule has 0 bridgehead atoms. The van der Waals surface area contributed by atoms with Gasteiger partial charge < -0.3 is 19.7 Å². The van der Waals surface area contributed by atoms with Crippen molar-refractivity contribution in [2.24, 2.45) is 10.4 Å². The molecule has 35 heavy (non-hydrogen) atoms. The van der Waals surface area contributed by atoms with E-state index in [0.717, 1.165) is 16.7 Å². The van der Waals surface area contributed by atoms with E-state index in [0.29, 0.717) is 0 Å². The highest BCUT2D eigenvalue weighted by molar-refractivity contribution is 5.89. The molecule has 2 atom stereocenters. The summed E-state index contributed by atoms with van der Waals surface area (Å²) >= 11 is 0. The van der Waals surface area contributed by atoms with Gasteiger partial charge in [0.1, 0.15) is 18.7 Å². The average Bonchev–Trinajstić information content (AvgIpc) is 3.33. The van der Waals surface area contributed by atoms with E-state index in [9.17, 15) is 14.7 Å². The Labute approximate surface area is 206 Å². The number of amides is 1. The molecule has 0 aliphatic rings. The van der Waals surface area contributed by atoms with Crippen LogP contribution in [0.2, 0.25) is 0 Å². The van der Waals surface area contributed by atoms with E-state index >= 15 is 0 Å². The zero-order valence-corrected chi connectivity index (χ0v) is 20.6. The molecule has 2 N–H and O–H groups in total. The first-order valence-corrected chi connectivity index (χ1v) is 11.6. The second kappa shape index (κ2) is 11.5. The fourth-order valence-electron chi connectivity index (χ4n) is 3.75. The zero-order chi connectivity index (χ0) is 25.4. The van der Waals surface area contributed by atoms with Gasteiger partial charge in [-0.1, -0.05) is 81.4 Å². The van der Waals surface area contributed by atoms with Gasteiger partial charge in [0, 0.05) is 19.4 Å². The minimum atomic E-state index is -0.992. The minimum absolute atomic E-state index is 0.202. The van der Waals surface area contributed by atoms with Gasteiger partial charge in [0.2, 0.25) is 11.8 Å². The van der Waals surface area contributed by atoms with E-state index in [2.05, 4.69) is 5.32 Å². The van der Waals surface area contributed by atoms with Crippen LogP contribution in [0.3, 0.4) is 0 Å². The number of carbonyl (C=O) groups excluding carboxylic acids is 1. The van der Waals surface area contributed by atoms with Crippen LogP contribution in [-0.4, -0.2) is 40.5 Å². The summed E-state index contributed by atoms with van der Waals surface area (Å²) in [5, 5.41) is 12.4. The summed E-state index contributed by atoms with van der Waals surface area (Å²) in [6.07, 6.45) is 3.46. The molecular formula is C28H33N3O4. The Hall–Kier alpha value is -3.87. The molecular weight excluding hydrogens is 442 g/mol. The first-order valence-electron chi connectivity index (χ1n) is 11.6. The van der Waals surface area contributed by atoms with E-state index < -0.39 is 23.5 Å². The van der Waals surface area contributed by atoms with Gasteiger partial charge >= 0.3 is 5.97 Å². The summed E-state index contributed by atoms with van der Waals surface area (Å²) in [5.74, 6) is -1.05.